The zero-order chi connectivity index (χ0) is 22.8. The van der Waals surface area contributed by atoms with E-state index in [2.05, 4.69) is 33.8 Å². The van der Waals surface area contributed by atoms with Crippen LogP contribution in [0.5, 0.6) is 0 Å². The van der Waals surface area contributed by atoms with E-state index in [0.29, 0.717) is 0 Å². The van der Waals surface area contributed by atoms with E-state index in [0.717, 1.165) is 23.3 Å². The average molecular weight is 424 g/mol. The lowest BCUT2D eigenvalue weighted by atomic mass is 9.63. The number of nitrogens with zero attached hydrogens (tertiary/aromatic N) is 1. The molecule has 0 unspecified atom stereocenters. The van der Waals surface area contributed by atoms with E-state index in [4.69, 9.17) is 9.47 Å². The summed E-state index contributed by atoms with van der Waals surface area (Å²) in [6.45, 7) is 8.81. The number of fused-ring (bicyclic) bond motifs is 1. The molecule has 1 aliphatic carbocycles. The third-order valence-electron chi connectivity index (χ3n) is 6.06. The number of amides is 2. The Morgan fingerprint density at radius 2 is 1.48 bits per heavy atom. The Balaban J connectivity index is 1.86. The topological polar surface area (TPSA) is 72.9 Å². The van der Waals surface area contributed by atoms with Gasteiger partial charge in [-0.05, 0) is 52.5 Å². The van der Waals surface area contributed by atoms with Gasteiger partial charge in [-0.3, -0.25) is 0 Å². The zero-order valence-corrected chi connectivity index (χ0v) is 18.7. The molecule has 0 N–H and O–H groups in total. The lowest BCUT2D eigenvalue weighted by molar-refractivity contribution is 0.0524. The Morgan fingerprint density at radius 3 is 2.10 bits per heavy atom. The first-order valence-electron chi connectivity index (χ1n) is 10.4. The highest BCUT2D eigenvalue weighted by molar-refractivity contribution is 5.99. The fourth-order valence-electron chi connectivity index (χ4n) is 4.00. The molecule has 0 atom stereocenters. The third kappa shape index (κ3) is 4.79. The molecule has 6 nitrogen and oxygen atoms in total. The number of benzene rings is 2. The number of carbonyl (C=O) groups is 3. The van der Waals surface area contributed by atoms with Crippen molar-refractivity contribution in [1.29, 1.82) is 0 Å². The molecule has 0 saturated carbocycles. The second-order valence-corrected chi connectivity index (χ2v) is 9.23. The van der Waals surface area contributed by atoms with Crippen LogP contribution in [0.15, 0.2) is 48.5 Å². The number of methoxy groups -OCH3 is 1. The summed E-state index contributed by atoms with van der Waals surface area (Å²) in [6, 6.07) is 14.2. The number of rotatable bonds is 3. The molecule has 0 aromatic heterocycles. The first-order chi connectivity index (χ1) is 14.5. The number of carbonyl (C=O) groups excluding carboxylic acids is 3. The first kappa shape index (κ1) is 22.5. The van der Waals surface area contributed by atoms with Crippen LogP contribution in [0.3, 0.4) is 0 Å². The Bertz CT molecular complexity index is 994. The summed E-state index contributed by atoms with van der Waals surface area (Å²) in [5, 5.41) is 0. The SMILES string of the molecule is COC(=O)N(Cc1ccc2c(c1)C(C)(C)CCC2(C)C)C(=O)OC(=O)c1ccccc1. The normalized spacial score (nSPS) is 16.0. The monoisotopic (exact) mass is 423 g/mol. The fourth-order valence-corrected chi connectivity index (χ4v) is 4.00. The van der Waals surface area contributed by atoms with Crippen LogP contribution in [-0.4, -0.2) is 30.2 Å². The van der Waals surface area contributed by atoms with Crippen molar-refractivity contribution in [2.24, 2.45) is 0 Å². The highest BCUT2D eigenvalue weighted by Gasteiger charge is 2.37. The summed E-state index contributed by atoms with van der Waals surface area (Å²) in [7, 11) is 1.18. The Hall–Kier alpha value is -3.15. The van der Waals surface area contributed by atoms with Crippen LogP contribution in [-0.2, 0) is 26.8 Å². The average Bonchev–Trinajstić information content (AvgIpc) is 2.75. The van der Waals surface area contributed by atoms with E-state index in [-0.39, 0.29) is 22.9 Å². The van der Waals surface area contributed by atoms with Gasteiger partial charge in [0, 0.05) is 0 Å². The second-order valence-electron chi connectivity index (χ2n) is 9.23. The molecule has 2 aromatic rings. The van der Waals surface area contributed by atoms with Gasteiger partial charge >= 0.3 is 18.2 Å². The van der Waals surface area contributed by atoms with Crippen LogP contribution in [0.4, 0.5) is 9.59 Å². The summed E-state index contributed by atoms with van der Waals surface area (Å²) < 4.78 is 9.68. The van der Waals surface area contributed by atoms with E-state index in [1.165, 1.54) is 30.4 Å². The highest BCUT2D eigenvalue weighted by atomic mass is 16.6. The molecule has 164 valence electrons. The van der Waals surface area contributed by atoms with Crippen molar-refractivity contribution in [3.8, 4) is 0 Å². The number of hydrogen-bond donors (Lipinski definition) is 0. The van der Waals surface area contributed by atoms with Gasteiger partial charge in [-0.2, -0.15) is 0 Å². The van der Waals surface area contributed by atoms with Crippen molar-refractivity contribution in [1.82, 2.24) is 4.90 Å². The van der Waals surface area contributed by atoms with Crippen molar-refractivity contribution in [3.05, 3.63) is 70.8 Å². The van der Waals surface area contributed by atoms with Gasteiger partial charge in [0.25, 0.3) is 0 Å². The summed E-state index contributed by atoms with van der Waals surface area (Å²) in [5.41, 5.74) is 3.52. The van der Waals surface area contributed by atoms with Crippen LogP contribution in [0.1, 0.15) is 67.6 Å². The van der Waals surface area contributed by atoms with Crippen LogP contribution in [0, 0.1) is 0 Å². The molecule has 2 aromatic carbocycles. The Kier molecular flexibility index (Phi) is 6.20. The van der Waals surface area contributed by atoms with E-state index < -0.39 is 18.2 Å². The van der Waals surface area contributed by atoms with Crippen LogP contribution in [0.2, 0.25) is 0 Å². The van der Waals surface area contributed by atoms with Crippen LogP contribution >= 0.6 is 0 Å². The highest BCUT2D eigenvalue weighted by Crippen LogP contribution is 2.45. The predicted octanol–water partition coefficient (Wildman–Crippen LogP) is 5.58. The van der Waals surface area contributed by atoms with Gasteiger partial charge in [-0.1, -0.05) is 64.1 Å². The summed E-state index contributed by atoms with van der Waals surface area (Å²) in [4.78, 5) is 38.0. The molecule has 2 amide bonds. The van der Waals surface area contributed by atoms with Crippen molar-refractivity contribution >= 4 is 18.2 Å². The van der Waals surface area contributed by atoms with Crippen molar-refractivity contribution in [2.75, 3.05) is 7.11 Å². The minimum Gasteiger partial charge on any atom is -0.452 e. The minimum atomic E-state index is -1.07. The van der Waals surface area contributed by atoms with Gasteiger partial charge in [-0.25, -0.2) is 19.3 Å². The van der Waals surface area contributed by atoms with Gasteiger partial charge in [0.2, 0.25) is 0 Å². The molecule has 0 radical (unpaired) electrons. The maximum Gasteiger partial charge on any atom is 0.427 e. The molecule has 0 bridgehead atoms. The third-order valence-corrected chi connectivity index (χ3v) is 6.06. The summed E-state index contributed by atoms with van der Waals surface area (Å²) >= 11 is 0. The summed E-state index contributed by atoms with van der Waals surface area (Å²) in [5.74, 6) is -0.826. The number of hydrogen-bond acceptors (Lipinski definition) is 5. The summed E-state index contributed by atoms with van der Waals surface area (Å²) in [6.07, 6.45) is 0.181. The van der Waals surface area contributed by atoms with Crippen LogP contribution in [0.25, 0.3) is 0 Å². The van der Waals surface area contributed by atoms with E-state index in [9.17, 15) is 14.4 Å². The zero-order valence-electron chi connectivity index (χ0n) is 18.7. The van der Waals surface area contributed by atoms with Gasteiger partial charge in [0.1, 0.15) is 0 Å². The fraction of sp³-hybridized carbons (Fsp3) is 0.400. The molecule has 6 heteroatoms. The van der Waals surface area contributed by atoms with Crippen molar-refractivity contribution in [2.45, 2.75) is 57.9 Å². The van der Waals surface area contributed by atoms with Crippen LogP contribution < -0.4 is 0 Å². The van der Waals surface area contributed by atoms with E-state index in [1.807, 2.05) is 12.1 Å². The Labute approximate surface area is 183 Å². The largest absolute Gasteiger partial charge is 0.452 e. The molecule has 0 saturated heterocycles. The Morgan fingerprint density at radius 1 is 0.871 bits per heavy atom. The first-order valence-corrected chi connectivity index (χ1v) is 10.4. The smallest absolute Gasteiger partial charge is 0.427 e. The molecule has 0 spiro atoms. The van der Waals surface area contributed by atoms with Crippen molar-refractivity contribution in [3.63, 3.8) is 0 Å². The minimum absolute atomic E-state index is 0.0132. The molecule has 3 rings (SSSR count). The molecule has 0 fully saturated rings. The van der Waals surface area contributed by atoms with E-state index >= 15 is 0 Å². The molecular formula is C25H29NO5. The number of imide groups is 1. The quantitative estimate of drug-likeness (QED) is 0.476. The second kappa shape index (κ2) is 8.53. The molecule has 0 heterocycles. The van der Waals surface area contributed by atoms with E-state index in [1.54, 1.807) is 18.2 Å². The van der Waals surface area contributed by atoms with Gasteiger partial charge in [0.05, 0.1) is 19.2 Å². The maximum atomic E-state index is 12.6. The molecule has 0 aliphatic heterocycles. The van der Waals surface area contributed by atoms with Gasteiger partial charge < -0.3 is 9.47 Å². The van der Waals surface area contributed by atoms with Crippen molar-refractivity contribution < 1.29 is 23.9 Å². The maximum absolute atomic E-state index is 12.6. The molecule has 1 aliphatic rings. The lowest BCUT2D eigenvalue weighted by Gasteiger charge is -2.42. The number of ether oxygens (including phenoxy) is 2. The van der Waals surface area contributed by atoms with Gasteiger partial charge in [0.15, 0.2) is 0 Å². The standard InChI is InChI=1S/C25H29NO5/c1-24(2)13-14-25(3,4)20-15-17(11-12-19(20)24)16-26(22(28)30-5)23(29)31-21(27)18-9-7-6-8-10-18/h6-12,15H,13-14,16H2,1-5H3. The number of esters is 1. The molecular weight excluding hydrogens is 394 g/mol. The lowest BCUT2D eigenvalue weighted by Crippen LogP contribution is -2.38. The molecule has 31 heavy (non-hydrogen) atoms. The van der Waals surface area contributed by atoms with Gasteiger partial charge in [-0.15, -0.1) is 0 Å². The predicted molar refractivity (Wildman–Crippen MR) is 117 cm³/mol.